The van der Waals surface area contributed by atoms with Crippen LogP contribution < -0.4 is 0 Å². The molecule has 0 aliphatic heterocycles. The quantitative estimate of drug-likeness (QED) is 0.416. The number of hydrogen-bond donors (Lipinski definition) is 2. The van der Waals surface area contributed by atoms with Gasteiger partial charge in [-0.15, -0.1) is 19.5 Å². The predicted octanol–water partition coefficient (Wildman–Crippen LogP) is 2.30. The van der Waals surface area contributed by atoms with Crippen molar-refractivity contribution in [2.45, 2.75) is 63.6 Å². The fourth-order valence-corrected chi connectivity index (χ4v) is 10.3. The van der Waals surface area contributed by atoms with Crippen LogP contribution in [-0.4, -0.2) is 72.0 Å². The smallest absolute Gasteiger partial charge is 0.114 e. The molecule has 0 spiro atoms. The van der Waals surface area contributed by atoms with Gasteiger partial charge in [0.2, 0.25) is 0 Å². The highest BCUT2D eigenvalue weighted by Crippen LogP contribution is 2.57. The van der Waals surface area contributed by atoms with Gasteiger partial charge in [0.05, 0.1) is 10.9 Å². The van der Waals surface area contributed by atoms with Crippen LogP contribution in [0.2, 0.25) is 5.82 Å². The van der Waals surface area contributed by atoms with Gasteiger partial charge in [-0.05, 0) is 50.4 Å². The normalized spacial score (nSPS) is 33.9. The summed E-state index contributed by atoms with van der Waals surface area (Å²) < 4.78 is 6.29. The lowest BCUT2D eigenvalue weighted by atomic mass is 9.74. The van der Waals surface area contributed by atoms with Crippen LogP contribution in [0.4, 0.5) is 0 Å². The first-order valence-corrected chi connectivity index (χ1v) is 12.9. The molecule has 23 heavy (non-hydrogen) atoms. The molecular formula is C17H35BO3P2. The average molecular weight is 360 g/mol. The molecule has 0 bridgehead atoms. The van der Waals surface area contributed by atoms with Gasteiger partial charge in [-0.25, -0.2) is 0 Å². The molecule has 1 aliphatic rings. The third-order valence-electron chi connectivity index (χ3n) is 5.82. The van der Waals surface area contributed by atoms with Gasteiger partial charge < -0.3 is 14.9 Å². The van der Waals surface area contributed by atoms with Crippen molar-refractivity contribution in [1.82, 2.24) is 0 Å². The molecule has 0 heterocycles. The van der Waals surface area contributed by atoms with Crippen molar-refractivity contribution in [3.05, 3.63) is 12.2 Å². The molecule has 6 heteroatoms. The number of rotatable bonds is 7. The molecule has 134 valence electrons. The van der Waals surface area contributed by atoms with Gasteiger partial charge in [0.1, 0.15) is 20.1 Å². The Kier molecular flexibility index (Phi) is 6.73. The highest BCUT2D eigenvalue weighted by atomic mass is 31.2. The number of hydrogen-bond acceptors (Lipinski definition) is 3. The fourth-order valence-electron chi connectivity index (χ4n) is 2.97. The van der Waals surface area contributed by atoms with E-state index in [2.05, 4.69) is 46.9 Å². The van der Waals surface area contributed by atoms with Crippen LogP contribution in [0, 0.1) is 0 Å². The van der Waals surface area contributed by atoms with Gasteiger partial charge in [-0.3, -0.25) is 0 Å². The fraction of sp³-hybridized carbons (Fsp3) is 0.765. The second-order valence-electron chi connectivity index (χ2n) is 7.75. The molecule has 1 saturated carbocycles. The molecule has 0 aromatic carbocycles. The zero-order valence-corrected chi connectivity index (χ0v) is 17.6. The third-order valence-corrected chi connectivity index (χ3v) is 14.5. The maximum Gasteiger partial charge on any atom is 0.114 e. The van der Waals surface area contributed by atoms with E-state index < -0.39 is 37.6 Å². The van der Waals surface area contributed by atoms with Crippen LogP contribution in [0.15, 0.2) is 12.2 Å². The molecule has 0 aromatic heterocycles. The number of aliphatic hydroxyl groups is 2. The second-order valence-corrected chi connectivity index (χ2v) is 15.4. The van der Waals surface area contributed by atoms with E-state index in [9.17, 15) is 10.2 Å². The van der Waals surface area contributed by atoms with Gasteiger partial charge in [0.15, 0.2) is 0 Å². The van der Waals surface area contributed by atoms with Crippen molar-refractivity contribution >= 4 is 34.9 Å². The van der Waals surface area contributed by atoms with Crippen molar-refractivity contribution in [3.8, 4) is 0 Å². The largest absolute Gasteiger partial charge is 0.387 e. The first kappa shape index (κ1) is 21.3. The predicted molar refractivity (Wildman–Crippen MR) is 112 cm³/mol. The van der Waals surface area contributed by atoms with Crippen molar-refractivity contribution in [2.75, 3.05) is 18.2 Å². The highest BCUT2D eigenvalue weighted by molar-refractivity contribution is 7.83. The summed E-state index contributed by atoms with van der Waals surface area (Å²) in [5.74, 6) is 0.878. The summed E-state index contributed by atoms with van der Waals surface area (Å²) >= 11 is 0. The Hall–Kier alpha value is 0.285. The molecule has 2 N–H and O–H groups in total. The van der Waals surface area contributed by atoms with E-state index in [4.69, 9.17) is 4.74 Å². The van der Waals surface area contributed by atoms with Crippen molar-refractivity contribution in [2.24, 2.45) is 0 Å². The minimum atomic E-state index is -1.19. The van der Waals surface area contributed by atoms with Gasteiger partial charge in [-0.2, -0.15) is 0 Å². The van der Waals surface area contributed by atoms with Gasteiger partial charge in [0.25, 0.3) is 0 Å². The summed E-state index contributed by atoms with van der Waals surface area (Å²) in [6, 6.07) is 0. The van der Waals surface area contributed by atoms with Crippen molar-refractivity contribution < 1.29 is 14.9 Å². The number of ether oxygens (including phenoxy) is 1. The standard InChI is InChI=1S/C17H35BO3P2/c1-9-23(8,10-2)11-22(7)16(4,5)21-13-12(3)14(18)17(6,20)15(13)19/h13-15,19-20,22H,3,7-11,18H2,1-2,4-6H3. The summed E-state index contributed by atoms with van der Waals surface area (Å²) in [5, 5.41) is 20.5. The molecule has 0 radical (unpaired) electrons. The SMILES string of the molecule is BC1C(=C)C(OC(C)(C)[PH](=C)CP(=C)(CC)CC)C(O)C1(C)O. The zero-order valence-electron chi connectivity index (χ0n) is 15.7. The maximum absolute atomic E-state index is 10.5. The third kappa shape index (κ3) is 4.28. The summed E-state index contributed by atoms with van der Waals surface area (Å²) in [6.07, 6.45) is 9.71. The molecule has 3 nitrogen and oxygen atoms in total. The van der Waals surface area contributed by atoms with Gasteiger partial charge >= 0.3 is 0 Å². The molecule has 5 atom stereocenters. The van der Waals surface area contributed by atoms with Crippen LogP contribution in [0.25, 0.3) is 0 Å². The van der Waals surface area contributed by atoms with E-state index in [-0.39, 0.29) is 5.82 Å². The number of aliphatic hydroxyl groups excluding tert-OH is 1. The Bertz CT molecular complexity index is 520. The van der Waals surface area contributed by atoms with E-state index in [1.807, 2.05) is 7.85 Å². The second kappa shape index (κ2) is 7.26. The Morgan fingerprint density at radius 1 is 1.39 bits per heavy atom. The van der Waals surface area contributed by atoms with E-state index in [0.717, 1.165) is 23.8 Å². The topological polar surface area (TPSA) is 49.7 Å². The lowest BCUT2D eigenvalue weighted by Gasteiger charge is -2.37. The molecule has 1 fully saturated rings. The van der Waals surface area contributed by atoms with Crippen LogP contribution in [0.3, 0.4) is 0 Å². The minimum absolute atomic E-state index is 0.190. The first-order valence-electron chi connectivity index (χ1n) is 8.48. The molecule has 0 amide bonds. The van der Waals surface area contributed by atoms with E-state index >= 15 is 0 Å². The molecule has 5 unspecified atom stereocenters. The maximum atomic E-state index is 10.5. The Morgan fingerprint density at radius 3 is 2.22 bits per heavy atom. The van der Waals surface area contributed by atoms with Gasteiger partial charge in [0, 0.05) is 0 Å². The Balaban J connectivity index is 2.92. The van der Waals surface area contributed by atoms with Gasteiger partial charge in [-0.1, -0.05) is 28.0 Å². The first-order chi connectivity index (χ1) is 10.3. The van der Waals surface area contributed by atoms with E-state index in [0.29, 0.717) is 0 Å². The molecule has 0 saturated heterocycles. The molecular weight excluding hydrogens is 325 g/mol. The summed E-state index contributed by atoms with van der Waals surface area (Å²) in [4.78, 5) is 0. The zero-order chi connectivity index (χ0) is 18.2. The van der Waals surface area contributed by atoms with Crippen molar-refractivity contribution in [1.29, 1.82) is 0 Å². The van der Waals surface area contributed by atoms with Crippen LogP contribution >= 0.6 is 14.4 Å². The molecule has 1 aliphatic carbocycles. The van der Waals surface area contributed by atoms with Crippen LogP contribution in [0.1, 0.15) is 34.6 Å². The van der Waals surface area contributed by atoms with E-state index in [1.165, 1.54) is 0 Å². The summed E-state index contributed by atoms with van der Waals surface area (Å²) in [6.45, 7) is 13.1. The molecule has 1 rings (SSSR count). The average Bonchev–Trinajstić information content (AvgIpc) is 2.62. The highest BCUT2D eigenvalue weighted by Gasteiger charge is 2.52. The van der Waals surface area contributed by atoms with Crippen LogP contribution in [0.5, 0.6) is 0 Å². The monoisotopic (exact) mass is 360 g/mol. The van der Waals surface area contributed by atoms with E-state index in [1.54, 1.807) is 6.92 Å². The Morgan fingerprint density at radius 2 is 1.87 bits per heavy atom. The Labute approximate surface area is 144 Å². The summed E-state index contributed by atoms with van der Waals surface area (Å²) in [5.41, 5.74) is -0.422. The van der Waals surface area contributed by atoms with Crippen molar-refractivity contribution in [3.63, 3.8) is 0 Å². The lowest BCUT2D eigenvalue weighted by Crippen LogP contribution is -2.44. The molecule has 0 aromatic rings. The summed E-state index contributed by atoms with van der Waals surface area (Å²) in [7, 11) is 0.834. The minimum Gasteiger partial charge on any atom is -0.387 e. The van der Waals surface area contributed by atoms with Crippen LogP contribution in [-0.2, 0) is 4.74 Å². The lowest BCUT2D eigenvalue weighted by molar-refractivity contribution is -0.111.